The lowest BCUT2D eigenvalue weighted by Gasteiger charge is -2.17. The molecule has 1 N–H and O–H groups in total. The molecule has 0 unspecified atom stereocenters. The van der Waals surface area contributed by atoms with Crippen LogP contribution in [0.15, 0.2) is 12.3 Å². The third kappa shape index (κ3) is 4.29. The number of hydrogen-bond donors (Lipinski definition) is 1. The van der Waals surface area contributed by atoms with Crippen LogP contribution >= 0.6 is 0 Å². The number of aliphatic hydroxyl groups is 1. The van der Waals surface area contributed by atoms with Crippen molar-refractivity contribution >= 4 is 11.8 Å². The van der Waals surface area contributed by atoms with Crippen molar-refractivity contribution in [2.45, 2.75) is 19.3 Å². The fourth-order valence-corrected chi connectivity index (χ4v) is 1.50. The van der Waals surface area contributed by atoms with E-state index in [1.807, 2.05) is 11.9 Å². The third-order valence-corrected chi connectivity index (χ3v) is 2.55. The van der Waals surface area contributed by atoms with E-state index in [-0.39, 0.29) is 12.4 Å². The van der Waals surface area contributed by atoms with Crippen LogP contribution in [0.4, 0.5) is 5.82 Å². The normalized spacial score (nSPS) is 10.2. The van der Waals surface area contributed by atoms with Crippen LogP contribution in [0.5, 0.6) is 0 Å². The van der Waals surface area contributed by atoms with Gasteiger partial charge in [-0.05, 0) is 25.3 Å². The van der Waals surface area contributed by atoms with Gasteiger partial charge < -0.3 is 14.7 Å². The van der Waals surface area contributed by atoms with E-state index in [1.165, 1.54) is 7.11 Å². The number of rotatable bonds is 7. The molecule has 6 heteroatoms. The fraction of sp³-hybridized carbons (Fsp3) is 0.583. The number of nitrogens with zero attached hydrogens (tertiary/aromatic N) is 3. The van der Waals surface area contributed by atoms with Crippen LogP contribution in [0, 0.1) is 0 Å². The molecule has 0 spiro atoms. The molecule has 0 atom stereocenters. The van der Waals surface area contributed by atoms with E-state index in [0.29, 0.717) is 5.82 Å². The molecular formula is C12H19N3O3. The number of carbonyl (C=O) groups is 1. The number of hydrogen-bond acceptors (Lipinski definition) is 6. The first-order valence-electron chi connectivity index (χ1n) is 5.92. The van der Waals surface area contributed by atoms with Crippen LogP contribution in [-0.2, 0) is 4.74 Å². The molecule has 0 fully saturated rings. The maximum Gasteiger partial charge on any atom is 0.376 e. The lowest BCUT2D eigenvalue weighted by Crippen LogP contribution is -2.21. The Morgan fingerprint density at radius 1 is 1.44 bits per heavy atom. The van der Waals surface area contributed by atoms with Crippen LogP contribution < -0.4 is 4.90 Å². The van der Waals surface area contributed by atoms with Gasteiger partial charge in [-0.25, -0.2) is 14.8 Å². The molecule has 0 aliphatic carbocycles. The Morgan fingerprint density at radius 2 is 2.22 bits per heavy atom. The molecule has 0 amide bonds. The monoisotopic (exact) mass is 253 g/mol. The average Bonchev–Trinajstić information content (AvgIpc) is 2.42. The van der Waals surface area contributed by atoms with Gasteiger partial charge in [-0.1, -0.05) is 0 Å². The minimum atomic E-state index is -0.537. The molecule has 100 valence electrons. The summed E-state index contributed by atoms with van der Waals surface area (Å²) in [6, 6.07) is 1.75. The van der Waals surface area contributed by atoms with E-state index in [9.17, 15) is 4.79 Å². The number of carbonyl (C=O) groups excluding carboxylic acids is 1. The Morgan fingerprint density at radius 3 is 2.89 bits per heavy atom. The van der Waals surface area contributed by atoms with E-state index < -0.39 is 5.97 Å². The van der Waals surface area contributed by atoms with Crippen LogP contribution in [0.3, 0.4) is 0 Å². The number of anilines is 1. The minimum Gasteiger partial charge on any atom is -0.463 e. The number of esters is 1. The van der Waals surface area contributed by atoms with Crippen LogP contribution in [0.25, 0.3) is 0 Å². The first kappa shape index (κ1) is 14.4. The highest BCUT2D eigenvalue weighted by molar-refractivity contribution is 5.85. The molecule has 0 aromatic carbocycles. The molecule has 1 aromatic rings. The van der Waals surface area contributed by atoms with Gasteiger partial charge in [0.05, 0.1) is 7.11 Å². The number of unbranched alkanes of at least 4 members (excludes halogenated alkanes) is 2. The summed E-state index contributed by atoms with van der Waals surface area (Å²) in [5.41, 5.74) is 0. The summed E-state index contributed by atoms with van der Waals surface area (Å²) in [5, 5.41) is 8.69. The second-order valence-electron chi connectivity index (χ2n) is 3.94. The SMILES string of the molecule is COC(=O)c1nccc(N(C)CCCCCO)n1. The summed E-state index contributed by atoms with van der Waals surface area (Å²) in [4.78, 5) is 21.2. The Labute approximate surface area is 107 Å². The van der Waals surface area contributed by atoms with Crippen molar-refractivity contribution in [2.24, 2.45) is 0 Å². The van der Waals surface area contributed by atoms with Crippen LogP contribution in [0.1, 0.15) is 29.9 Å². The van der Waals surface area contributed by atoms with Crippen LogP contribution in [0.2, 0.25) is 0 Å². The fourth-order valence-electron chi connectivity index (χ4n) is 1.50. The van der Waals surface area contributed by atoms with Crippen LogP contribution in [-0.4, -0.2) is 48.4 Å². The zero-order valence-corrected chi connectivity index (χ0v) is 10.8. The van der Waals surface area contributed by atoms with Gasteiger partial charge in [-0.2, -0.15) is 0 Å². The highest BCUT2D eigenvalue weighted by Gasteiger charge is 2.11. The Hall–Kier alpha value is -1.69. The molecule has 0 radical (unpaired) electrons. The molecule has 18 heavy (non-hydrogen) atoms. The van der Waals surface area contributed by atoms with Gasteiger partial charge in [-0.3, -0.25) is 0 Å². The van der Waals surface area contributed by atoms with Crippen molar-refractivity contribution in [3.63, 3.8) is 0 Å². The predicted octanol–water partition coefficient (Wildman–Crippen LogP) is 0.862. The molecule has 0 bridgehead atoms. The van der Waals surface area contributed by atoms with Gasteiger partial charge in [0.1, 0.15) is 5.82 Å². The molecule has 0 aliphatic heterocycles. The van der Waals surface area contributed by atoms with Gasteiger partial charge >= 0.3 is 5.97 Å². The van der Waals surface area contributed by atoms with Crippen molar-refractivity contribution in [3.8, 4) is 0 Å². The number of aliphatic hydroxyl groups excluding tert-OH is 1. The van der Waals surface area contributed by atoms with Gasteiger partial charge in [-0.15, -0.1) is 0 Å². The van der Waals surface area contributed by atoms with E-state index in [4.69, 9.17) is 5.11 Å². The van der Waals surface area contributed by atoms with Gasteiger partial charge in [0.2, 0.25) is 5.82 Å². The predicted molar refractivity (Wildman–Crippen MR) is 67.6 cm³/mol. The maximum atomic E-state index is 11.3. The smallest absolute Gasteiger partial charge is 0.376 e. The zero-order valence-electron chi connectivity index (χ0n) is 10.8. The highest BCUT2D eigenvalue weighted by atomic mass is 16.5. The Kier molecular flexibility index (Phi) is 6.07. The summed E-state index contributed by atoms with van der Waals surface area (Å²) in [5.74, 6) is 0.220. The summed E-state index contributed by atoms with van der Waals surface area (Å²) in [6.45, 7) is 1.04. The third-order valence-electron chi connectivity index (χ3n) is 2.55. The van der Waals surface area contributed by atoms with Crippen molar-refractivity contribution in [1.29, 1.82) is 0 Å². The average molecular weight is 253 g/mol. The summed E-state index contributed by atoms with van der Waals surface area (Å²) in [6.07, 6.45) is 4.29. The molecule has 6 nitrogen and oxygen atoms in total. The number of ether oxygens (including phenoxy) is 1. The maximum absolute atomic E-state index is 11.3. The molecule has 0 aliphatic rings. The first-order valence-corrected chi connectivity index (χ1v) is 5.92. The van der Waals surface area contributed by atoms with Crippen molar-refractivity contribution in [3.05, 3.63) is 18.1 Å². The summed E-state index contributed by atoms with van der Waals surface area (Å²) in [7, 11) is 3.21. The van der Waals surface area contributed by atoms with Gasteiger partial charge in [0.15, 0.2) is 0 Å². The van der Waals surface area contributed by atoms with Crippen molar-refractivity contribution in [1.82, 2.24) is 9.97 Å². The summed E-state index contributed by atoms with van der Waals surface area (Å²) >= 11 is 0. The molecule has 0 saturated carbocycles. The standard InChI is InChI=1S/C12H19N3O3/c1-15(8-4-3-5-9-16)10-6-7-13-11(14-10)12(17)18-2/h6-7,16H,3-5,8-9H2,1-2H3. The van der Waals surface area contributed by atoms with Crippen molar-refractivity contribution in [2.75, 3.05) is 32.2 Å². The van der Waals surface area contributed by atoms with E-state index in [0.717, 1.165) is 25.8 Å². The first-order chi connectivity index (χ1) is 8.69. The molecule has 0 saturated heterocycles. The number of methoxy groups -OCH3 is 1. The lowest BCUT2D eigenvalue weighted by molar-refractivity contribution is 0.0587. The largest absolute Gasteiger partial charge is 0.463 e. The molecule has 1 rings (SSSR count). The quantitative estimate of drug-likeness (QED) is 0.574. The summed E-state index contributed by atoms with van der Waals surface area (Å²) < 4.78 is 4.57. The molecule has 1 heterocycles. The van der Waals surface area contributed by atoms with E-state index in [2.05, 4.69) is 14.7 Å². The zero-order chi connectivity index (χ0) is 13.4. The van der Waals surface area contributed by atoms with E-state index in [1.54, 1.807) is 12.3 Å². The van der Waals surface area contributed by atoms with Gasteiger partial charge in [0, 0.05) is 26.4 Å². The minimum absolute atomic E-state index is 0.0669. The second-order valence-corrected chi connectivity index (χ2v) is 3.94. The Bertz CT molecular complexity index is 385. The Balaban J connectivity index is 2.57. The molecular weight excluding hydrogens is 234 g/mol. The van der Waals surface area contributed by atoms with Gasteiger partial charge in [0.25, 0.3) is 0 Å². The second kappa shape index (κ2) is 7.60. The highest BCUT2D eigenvalue weighted by Crippen LogP contribution is 2.09. The molecule has 1 aromatic heterocycles. The topological polar surface area (TPSA) is 75.5 Å². The van der Waals surface area contributed by atoms with E-state index >= 15 is 0 Å². The number of aromatic nitrogens is 2. The lowest BCUT2D eigenvalue weighted by atomic mass is 10.2. The van der Waals surface area contributed by atoms with Crippen molar-refractivity contribution < 1.29 is 14.6 Å².